The maximum Gasteiger partial charge on any atom is 0.417 e. The Labute approximate surface area is 129 Å². The van der Waals surface area contributed by atoms with Crippen LogP contribution in [-0.2, 0) is 19.8 Å². The van der Waals surface area contributed by atoms with Crippen LogP contribution in [0.3, 0.4) is 0 Å². The molecule has 3 aromatic rings. The molecule has 0 fully saturated rings. The molecule has 23 heavy (non-hydrogen) atoms. The molecule has 0 aromatic carbocycles. The van der Waals surface area contributed by atoms with Gasteiger partial charge in [0.05, 0.1) is 17.1 Å². The number of H-pyrrole nitrogens is 1. The van der Waals surface area contributed by atoms with Crippen molar-refractivity contribution in [3.8, 4) is 0 Å². The number of nitrogens with zero attached hydrogens (tertiary/aromatic N) is 4. The van der Waals surface area contributed by atoms with E-state index >= 15 is 0 Å². The summed E-state index contributed by atoms with van der Waals surface area (Å²) in [7, 11) is 1.80. The minimum Gasteiger partial charge on any atom is -0.364 e. The Hall–Kier alpha value is -2.58. The normalized spacial score (nSPS) is 12.1. The number of aromatic amines is 1. The summed E-state index contributed by atoms with van der Waals surface area (Å²) >= 11 is 0. The van der Waals surface area contributed by atoms with Crippen molar-refractivity contribution < 1.29 is 13.2 Å². The summed E-state index contributed by atoms with van der Waals surface area (Å²) in [5.41, 5.74) is 1.46. The van der Waals surface area contributed by atoms with Crippen molar-refractivity contribution in [3.63, 3.8) is 0 Å². The average molecular weight is 324 g/mol. The van der Waals surface area contributed by atoms with Crippen LogP contribution in [0, 0.1) is 13.8 Å². The van der Waals surface area contributed by atoms with E-state index in [0.717, 1.165) is 17.3 Å². The van der Waals surface area contributed by atoms with Crippen LogP contribution in [0.1, 0.15) is 22.5 Å². The van der Waals surface area contributed by atoms with Gasteiger partial charge in [-0.05, 0) is 19.9 Å². The van der Waals surface area contributed by atoms with Crippen LogP contribution in [0.4, 0.5) is 19.0 Å². The number of alkyl halides is 3. The van der Waals surface area contributed by atoms with Crippen LogP contribution in [0.25, 0.3) is 11.0 Å². The van der Waals surface area contributed by atoms with Gasteiger partial charge in [0.15, 0.2) is 11.5 Å². The van der Waals surface area contributed by atoms with Crippen LogP contribution in [-0.4, -0.2) is 25.0 Å². The van der Waals surface area contributed by atoms with Gasteiger partial charge in [-0.1, -0.05) is 0 Å². The summed E-state index contributed by atoms with van der Waals surface area (Å²) in [6, 6.07) is 1.03. The highest BCUT2D eigenvalue weighted by atomic mass is 19.4. The Balaban J connectivity index is 2.00. The Morgan fingerprint density at radius 1 is 1.30 bits per heavy atom. The van der Waals surface area contributed by atoms with E-state index in [-0.39, 0.29) is 22.5 Å². The van der Waals surface area contributed by atoms with E-state index in [9.17, 15) is 13.2 Å². The monoisotopic (exact) mass is 324 g/mol. The Kier molecular flexibility index (Phi) is 3.50. The lowest BCUT2D eigenvalue weighted by Gasteiger charge is -2.10. The van der Waals surface area contributed by atoms with Crippen molar-refractivity contribution in [1.82, 2.24) is 25.0 Å². The van der Waals surface area contributed by atoms with Crippen LogP contribution >= 0.6 is 0 Å². The van der Waals surface area contributed by atoms with Gasteiger partial charge in [-0.25, -0.2) is 4.98 Å². The Morgan fingerprint density at radius 3 is 2.65 bits per heavy atom. The SMILES string of the molecule is Cc1cc(C(F)(F)F)c2c(NCc3cnn(C)c3C)n[nH]c2n1. The van der Waals surface area contributed by atoms with E-state index in [4.69, 9.17) is 0 Å². The van der Waals surface area contributed by atoms with Crippen molar-refractivity contribution in [1.29, 1.82) is 0 Å². The third-order valence-electron chi connectivity index (χ3n) is 3.75. The van der Waals surface area contributed by atoms with E-state index in [1.807, 2.05) is 6.92 Å². The zero-order chi connectivity index (χ0) is 16.8. The molecule has 0 bridgehead atoms. The summed E-state index contributed by atoms with van der Waals surface area (Å²) in [5, 5.41) is 13.5. The van der Waals surface area contributed by atoms with Crippen LogP contribution in [0.2, 0.25) is 0 Å². The summed E-state index contributed by atoms with van der Waals surface area (Å²) in [6.07, 6.45) is -2.80. The smallest absolute Gasteiger partial charge is 0.364 e. The number of aryl methyl sites for hydroxylation is 2. The number of fused-ring (bicyclic) bond motifs is 1. The maximum absolute atomic E-state index is 13.3. The second-order valence-corrected chi connectivity index (χ2v) is 5.34. The molecular weight excluding hydrogens is 309 g/mol. The molecule has 9 heteroatoms. The quantitative estimate of drug-likeness (QED) is 0.777. The van der Waals surface area contributed by atoms with Crippen molar-refractivity contribution in [2.24, 2.45) is 7.05 Å². The molecule has 0 atom stereocenters. The van der Waals surface area contributed by atoms with Crippen LogP contribution in [0.5, 0.6) is 0 Å². The third-order valence-corrected chi connectivity index (χ3v) is 3.75. The molecule has 0 aliphatic carbocycles. The van der Waals surface area contributed by atoms with E-state index in [1.54, 1.807) is 17.9 Å². The molecule has 0 aliphatic heterocycles. The van der Waals surface area contributed by atoms with Gasteiger partial charge in [0, 0.05) is 30.5 Å². The molecule has 3 heterocycles. The molecule has 0 radical (unpaired) electrons. The molecule has 122 valence electrons. The first-order valence-electron chi connectivity index (χ1n) is 6.91. The lowest BCUT2D eigenvalue weighted by atomic mass is 10.1. The van der Waals surface area contributed by atoms with Crippen molar-refractivity contribution in [2.75, 3.05) is 5.32 Å². The lowest BCUT2D eigenvalue weighted by molar-refractivity contribution is -0.136. The predicted octanol–water partition coefficient (Wildman–Crippen LogP) is 2.94. The average Bonchev–Trinajstić information content (AvgIpc) is 3.00. The Bertz CT molecular complexity index is 861. The summed E-state index contributed by atoms with van der Waals surface area (Å²) in [5.74, 6) is 0.128. The zero-order valence-electron chi connectivity index (χ0n) is 12.8. The molecular formula is C14H15F3N6. The molecule has 0 unspecified atom stereocenters. The molecule has 0 spiro atoms. The molecule has 0 amide bonds. The highest BCUT2D eigenvalue weighted by Crippen LogP contribution is 2.37. The molecule has 0 saturated carbocycles. The number of hydrogen-bond donors (Lipinski definition) is 2. The van der Waals surface area contributed by atoms with E-state index in [1.165, 1.54) is 6.92 Å². The largest absolute Gasteiger partial charge is 0.417 e. The first kappa shape index (κ1) is 15.3. The summed E-state index contributed by atoms with van der Waals surface area (Å²) < 4.78 is 41.5. The second kappa shape index (κ2) is 5.25. The summed E-state index contributed by atoms with van der Waals surface area (Å²) in [4.78, 5) is 4.07. The van der Waals surface area contributed by atoms with Crippen molar-refractivity contribution in [2.45, 2.75) is 26.6 Å². The number of nitrogens with one attached hydrogen (secondary N) is 2. The van der Waals surface area contributed by atoms with Gasteiger partial charge in [0.1, 0.15) is 0 Å². The summed E-state index contributed by atoms with van der Waals surface area (Å²) in [6.45, 7) is 3.73. The van der Waals surface area contributed by atoms with Gasteiger partial charge >= 0.3 is 6.18 Å². The van der Waals surface area contributed by atoms with Gasteiger partial charge in [-0.2, -0.15) is 23.4 Å². The fraction of sp³-hybridized carbons (Fsp3) is 0.357. The molecule has 3 rings (SSSR count). The standard InChI is InChI=1S/C14H15F3N6/c1-7-4-10(14(15,16)17)11-12(21-22-13(11)20-7)18-5-9-6-19-23(3)8(9)2/h4,6H,5H2,1-3H3,(H2,18,20,21,22). The minimum absolute atomic E-state index is 0.0513. The van der Waals surface area contributed by atoms with Gasteiger partial charge in [-0.3, -0.25) is 9.78 Å². The van der Waals surface area contributed by atoms with Gasteiger partial charge in [-0.15, -0.1) is 0 Å². The number of aromatic nitrogens is 5. The maximum atomic E-state index is 13.3. The topological polar surface area (TPSA) is 71.4 Å². The number of rotatable bonds is 3. The highest BCUT2D eigenvalue weighted by Gasteiger charge is 2.35. The van der Waals surface area contributed by atoms with E-state index < -0.39 is 11.7 Å². The van der Waals surface area contributed by atoms with Crippen LogP contribution < -0.4 is 5.32 Å². The zero-order valence-corrected chi connectivity index (χ0v) is 12.8. The third kappa shape index (κ3) is 2.73. The van der Waals surface area contributed by atoms with Gasteiger partial charge < -0.3 is 5.32 Å². The predicted molar refractivity (Wildman–Crippen MR) is 78.9 cm³/mol. The first-order chi connectivity index (χ1) is 10.8. The van der Waals surface area contributed by atoms with Crippen molar-refractivity contribution >= 4 is 16.9 Å². The minimum atomic E-state index is -4.48. The van der Waals surface area contributed by atoms with Crippen LogP contribution in [0.15, 0.2) is 12.3 Å². The first-order valence-corrected chi connectivity index (χ1v) is 6.91. The number of anilines is 1. The van der Waals surface area contributed by atoms with E-state index in [2.05, 4.69) is 25.6 Å². The van der Waals surface area contributed by atoms with Crippen molar-refractivity contribution in [3.05, 3.63) is 34.8 Å². The molecule has 0 saturated heterocycles. The fourth-order valence-electron chi connectivity index (χ4n) is 2.41. The number of pyridine rings is 1. The fourth-order valence-corrected chi connectivity index (χ4v) is 2.41. The molecule has 2 N–H and O–H groups in total. The van der Waals surface area contributed by atoms with Gasteiger partial charge in [0.2, 0.25) is 0 Å². The van der Waals surface area contributed by atoms with E-state index in [0.29, 0.717) is 6.54 Å². The number of halogens is 3. The second-order valence-electron chi connectivity index (χ2n) is 5.34. The lowest BCUT2D eigenvalue weighted by Crippen LogP contribution is -2.08. The molecule has 6 nitrogen and oxygen atoms in total. The molecule has 0 aliphatic rings. The number of hydrogen-bond acceptors (Lipinski definition) is 4. The Morgan fingerprint density at radius 2 is 2.04 bits per heavy atom. The molecule has 3 aromatic heterocycles. The van der Waals surface area contributed by atoms with Gasteiger partial charge in [0.25, 0.3) is 0 Å². The highest BCUT2D eigenvalue weighted by molar-refractivity contribution is 5.91.